The number of nitrogens with zero attached hydrogens (tertiary/aromatic N) is 6. The van der Waals surface area contributed by atoms with Crippen molar-refractivity contribution < 1.29 is 23.2 Å². The lowest BCUT2D eigenvalue weighted by atomic mass is 9.99. The smallest absolute Gasteiger partial charge is 0.245 e. The molecular formula is C46H48FN7O4. The molecule has 0 unspecified atom stereocenters. The van der Waals surface area contributed by atoms with E-state index >= 15 is 4.39 Å². The highest BCUT2D eigenvalue weighted by molar-refractivity contribution is 5.93. The van der Waals surface area contributed by atoms with Crippen molar-refractivity contribution in [2.75, 3.05) is 41.3 Å². The van der Waals surface area contributed by atoms with E-state index in [0.717, 1.165) is 46.4 Å². The van der Waals surface area contributed by atoms with Gasteiger partial charge in [-0.3, -0.25) is 24.2 Å². The van der Waals surface area contributed by atoms with Crippen LogP contribution in [-0.4, -0.2) is 99.5 Å². The van der Waals surface area contributed by atoms with E-state index < -0.39 is 23.9 Å². The number of halogens is 1. The highest BCUT2D eigenvalue weighted by Crippen LogP contribution is 2.36. The third-order valence-electron chi connectivity index (χ3n) is 11.4. The van der Waals surface area contributed by atoms with Gasteiger partial charge in [0.1, 0.15) is 23.7 Å². The van der Waals surface area contributed by atoms with Gasteiger partial charge in [0.2, 0.25) is 17.7 Å². The molecule has 12 heteroatoms. The minimum Gasteiger partial charge on any atom is -0.436 e. The molecule has 2 amide bonds. The number of amides is 2. The van der Waals surface area contributed by atoms with Crippen LogP contribution in [0, 0.1) is 5.82 Å². The first-order valence-corrected chi connectivity index (χ1v) is 19.9. The van der Waals surface area contributed by atoms with Gasteiger partial charge in [-0.25, -0.2) is 14.4 Å². The molecule has 4 atom stereocenters. The Labute approximate surface area is 337 Å². The number of rotatable bonds is 12. The lowest BCUT2D eigenvalue weighted by molar-refractivity contribution is -0.141. The van der Waals surface area contributed by atoms with Crippen LogP contribution >= 0.6 is 0 Å². The Bertz CT molecular complexity index is 2430. The molecular weight excluding hydrogens is 734 g/mol. The number of fused-ring (bicyclic) bond motifs is 1. The van der Waals surface area contributed by atoms with Crippen molar-refractivity contribution >= 4 is 28.6 Å². The maximum atomic E-state index is 15.6. The van der Waals surface area contributed by atoms with Crippen molar-refractivity contribution in [3.63, 3.8) is 0 Å². The second-order valence-electron chi connectivity index (χ2n) is 15.8. The molecule has 0 aliphatic carbocycles. The fraction of sp³-hybridized carbons (Fsp3) is 0.326. The number of hydrogen-bond acceptors (Lipinski definition) is 8. The van der Waals surface area contributed by atoms with E-state index in [1.54, 1.807) is 23.2 Å². The number of nitrogens with one attached hydrogen (secondary N) is 1. The summed E-state index contributed by atoms with van der Waals surface area (Å²) < 4.78 is 21.8. The average molecular weight is 782 g/mol. The predicted octanol–water partition coefficient (Wildman–Crippen LogP) is 7.40. The Hall–Kier alpha value is -5.98. The Balaban J connectivity index is 0.951. The van der Waals surface area contributed by atoms with Crippen molar-refractivity contribution in [3.8, 4) is 22.8 Å². The minimum atomic E-state index is -0.606. The third kappa shape index (κ3) is 7.69. The molecule has 4 aromatic carbocycles. The summed E-state index contributed by atoms with van der Waals surface area (Å²) in [5.41, 5.74) is 4.86. The summed E-state index contributed by atoms with van der Waals surface area (Å²) in [6, 6.07) is 28.1. The van der Waals surface area contributed by atoms with Crippen LogP contribution in [0.15, 0.2) is 108 Å². The molecule has 2 aromatic heterocycles. The number of aromatic amines is 1. The summed E-state index contributed by atoms with van der Waals surface area (Å²) in [5, 5.41) is 0. The zero-order valence-electron chi connectivity index (χ0n) is 33.3. The highest BCUT2D eigenvalue weighted by atomic mass is 19.1. The number of aromatic nitrogens is 3. The van der Waals surface area contributed by atoms with Crippen molar-refractivity contribution in [3.05, 3.63) is 132 Å². The molecule has 2 aliphatic heterocycles. The molecule has 0 spiro atoms. The number of likely N-dealkylation sites (tertiary alicyclic amines) is 2. The van der Waals surface area contributed by atoms with E-state index in [4.69, 9.17) is 9.40 Å². The normalized spacial score (nSPS) is 18.1. The number of benzene rings is 4. The summed E-state index contributed by atoms with van der Waals surface area (Å²) in [6.07, 6.45) is 4.44. The molecule has 0 bridgehead atoms. The Kier molecular flexibility index (Phi) is 11.0. The minimum absolute atomic E-state index is 0.0508. The second kappa shape index (κ2) is 16.5. The molecule has 4 heterocycles. The molecule has 2 fully saturated rings. The molecule has 2 aliphatic rings. The quantitative estimate of drug-likeness (QED) is 0.137. The first-order valence-electron chi connectivity index (χ1n) is 19.9. The standard InChI is InChI=1S/C46H48FN7O4/c1-51(2)41(29-13-7-5-8-14-29)45(56)53-23-11-17-37(53)39(55)27-31-19-20-33(25-34(31)47)44-48-28-40(58-44)32-21-22-35-36(26-32)50-43(49-35)38-18-12-24-54(38)46(57)42(52(3)4)30-15-9-6-10-16-30/h5-10,13-16,19-22,25-26,28,37-38,41-42H,11-12,17-18,23-24,27H2,1-4H3,(H,49,50)/t37-,38-,41+,42+/m0/s1. The highest BCUT2D eigenvalue weighted by Gasteiger charge is 2.39. The number of oxazole rings is 1. The van der Waals surface area contributed by atoms with E-state index in [1.807, 2.05) is 122 Å². The van der Waals surface area contributed by atoms with Gasteiger partial charge in [-0.2, -0.15) is 0 Å². The number of imidazole rings is 1. The van der Waals surface area contributed by atoms with Gasteiger partial charge in [0.15, 0.2) is 11.5 Å². The van der Waals surface area contributed by atoms with E-state index in [2.05, 4.69) is 9.97 Å². The van der Waals surface area contributed by atoms with E-state index in [0.29, 0.717) is 37.3 Å². The maximum absolute atomic E-state index is 15.6. The SMILES string of the molecule is CN(C)[C@@H](C(=O)N1CCC[C@H]1C(=O)Cc1ccc(-c2ncc(-c3ccc4nc([C@@H]5CCCN5C(=O)[C@@H](c5ccccc5)N(C)C)[nH]c4c3)o2)cc1F)c1ccccc1. The fourth-order valence-electron chi connectivity index (χ4n) is 8.60. The first-order chi connectivity index (χ1) is 28.1. The van der Waals surface area contributed by atoms with Gasteiger partial charge in [-0.1, -0.05) is 66.7 Å². The fourth-order valence-corrected chi connectivity index (χ4v) is 8.60. The number of ketones is 1. The van der Waals surface area contributed by atoms with Gasteiger partial charge in [0.25, 0.3) is 0 Å². The monoisotopic (exact) mass is 781 g/mol. The summed E-state index contributed by atoms with van der Waals surface area (Å²) in [5.74, 6) is 0.691. The number of hydrogen-bond donors (Lipinski definition) is 1. The number of carbonyl (C=O) groups excluding carboxylic acids is 3. The zero-order valence-corrected chi connectivity index (χ0v) is 33.3. The Morgan fingerprint density at radius 2 is 1.41 bits per heavy atom. The molecule has 0 saturated carbocycles. The summed E-state index contributed by atoms with van der Waals surface area (Å²) in [6.45, 7) is 1.15. The van der Waals surface area contributed by atoms with E-state index in [1.165, 1.54) is 6.07 Å². The van der Waals surface area contributed by atoms with Crippen molar-refractivity contribution in [1.82, 2.24) is 34.6 Å². The lowest BCUT2D eigenvalue weighted by Crippen LogP contribution is -2.46. The molecule has 298 valence electrons. The van der Waals surface area contributed by atoms with Gasteiger partial charge in [-0.05, 0) is 101 Å². The van der Waals surface area contributed by atoms with Gasteiger partial charge in [0, 0.05) is 30.6 Å². The topological polar surface area (TPSA) is 119 Å². The van der Waals surface area contributed by atoms with Gasteiger partial charge in [-0.15, -0.1) is 0 Å². The third-order valence-corrected chi connectivity index (χ3v) is 11.4. The van der Waals surface area contributed by atoms with Gasteiger partial charge >= 0.3 is 0 Å². The van der Waals surface area contributed by atoms with Crippen LogP contribution < -0.4 is 0 Å². The molecule has 11 nitrogen and oxygen atoms in total. The average Bonchev–Trinajstić information content (AvgIpc) is 4.05. The summed E-state index contributed by atoms with van der Waals surface area (Å²) in [4.78, 5) is 61.6. The first kappa shape index (κ1) is 38.9. The van der Waals surface area contributed by atoms with Crippen LogP contribution in [0.2, 0.25) is 0 Å². The van der Waals surface area contributed by atoms with Crippen molar-refractivity contribution in [2.45, 2.75) is 56.3 Å². The van der Waals surface area contributed by atoms with Crippen LogP contribution in [0.1, 0.15) is 66.3 Å². The lowest BCUT2D eigenvalue weighted by Gasteiger charge is -2.31. The number of carbonyl (C=O) groups is 3. The van der Waals surface area contributed by atoms with Crippen LogP contribution in [0.4, 0.5) is 4.39 Å². The summed E-state index contributed by atoms with van der Waals surface area (Å²) in [7, 11) is 7.56. The Morgan fingerprint density at radius 1 is 0.793 bits per heavy atom. The van der Waals surface area contributed by atoms with Crippen LogP contribution in [-0.2, 0) is 20.8 Å². The molecule has 2 saturated heterocycles. The van der Waals surface area contributed by atoms with Crippen LogP contribution in [0.25, 0.3) is 33.8 Å². The number of Topliss-reactive ketones (excluding diaryl/α,β-unsaturated/α-hetero) is 1. The van der Waals surface area contributed by atoms with Crippen molar-refractivity contribution in [2.24, 2.45) is 0 Å². The summed E-state index contributed by atoms with van der Waals surface area (Å²) >= 11 is 0. The zero-order chi connectivity index (χ0) is 40.5. The predicted molar refractivity (Wildman–Crippen MR) is 220 cm³/mol. The van der Waals surface area contributed by atoms with Crippen molar-refractivity contribution in [1.29, 1.82) is 0 Å². The molecule has 8 rings (SSSR count). The molecule has 0 radical (unpaired) electrons. The number of likely N-dealkylation sites (N-methyl/N-ethyl adjacent to an activating group) is 2. The second-order valence-corrected chi connectivity index (χ2v) is 15.8. The molecule has 1 N–H and O–H groups in total. The Morgan fingerprint density at radius 3 is 2.07 bits per heavy atom. The van der Waals surface area contributed by atoms with Crippen LogP contribution in [0.3, 0.4) is 0 Å². The van der Waals surface area contributed by atoms with Gasteiger partial charge < -0.3 is 19.2 Å². The molecule has 58 heavy (non-hydrogen) atoms. The molecule has 6 aromatic rings. The number of H-pyrrole nitrogens is 1. The van der Waals surface area contributed by atoms with Gasteiger partial charge in [0.05, 0.1) is 29.3 Å². The largest absolute Gasteiger partial charge is 0.436 e. The van der Waals surface area contributed by atoms with E-state index in [-0.39, 0.29) is 41.5 Å². The maximum Gasteiger partial charge on any atom is 0.245 e. The van der Waals surface area contributed by atoms with E-state index in [9.17, 15) is 14.4 Å². The van der Waals surface area contributed by atoms with Crippen LogP contribution in [0.5, 0.6) is 0 Å².